The van der Waals surface area contributed by atoms with Crippen LogP contribution >= 0.6 is 0 Å². The van der Waals surface area contributed by atoms with Crippen LogP contribution in [0, 0.1) is 19.8 Å². The van der Waals surface area contributed by atoms with Gasteiger partial charge in [-0.05, 0) is 38.7 Å². The molecule has 0 aromatic carbocycles. The number of carbonyl (C=O) groups excluding carboxylic acids is 1. The van der Waals surface area contributed by atoms with Crippen molar-refractivity contribution in [1.29, 1.82) is 0 Å². The molecule has 28 heavy (non-hydrogen) atoms. The minimum atomic E-state index is 0.0640. The number of hydrogen-bond acceptors (Lipinski definition) is 5. The summed E-state index contributed by atoms with van der Waals surface area (Å²) in [5.41, 5.74) is 3.18. The van der Waals surface area contributed by atoms with Gasteiger partial charge in [0, 0.05) is 62.4 Å². The van der Waals surface area contributed by atoms with Gasteiger partial charge in [0.25, 0.3) is 5.56 Å². The lowest BCUT2D eigenvalue weighted by Crippen LogP contribution is -2.48. The fourth-order valence-electron chi connectivity index (χ4n) is 4.72. The topological polar surface area (TPSA) is 80.4 Å². The molecule has 4 rings (SSSR count). The monoisotopic (exact) mass is 384 g/mol. The molecular formula is C21H28N4O3. The van der Waals surface area contributed by atoms with Crippen molar-refractivity contribution in [3.8, 4) is 0 Å². The van der Waals surface area contributed by atoms with Crippen LogP contribution in [0.3, 0.4) is 0 Å². The van der Waals surface area contributed by atoms with Crippen LogP contribution in [0.1, 0.15) is 41.5 Å². The van der Waals surface area contributed by atoms with Crippen LogP contribution in [-0.2, 0) is 17.8 Å². The number of nitrogens with zero attached hydrogens (tertiary/aromatic N) is 3. The standard InChI is InChI=1S/C21H28N4O3/c1-14-18(15(2)28-23-14)6-7-20(26)22-8-9-24-11-16-10-17(13-24)19-4-3-5-21(27)25(19)12-16/h3-5,16-17H,6-13H2,1-2H3,(H,22,26). The van der Waals surface area contributed by atoms with E-state index in [-0.39, 0.29) is 11.5 Å². The maximum Gasteiger partial charge on any atom is 0.250 e. The normalized spacial score (nSPS) is 21.4. The Labute approximate surface area is 164 Å². The van der Waals surface area contributed by atoms with E-state index >= 15 is 0 Å². The van der Waals surface area contributed by atoms with E-state index in [1.165, 1.54) is 0 Å². The second-order valence-corrected chi connectivity index (χ2v) is 8.11. The molecule has 2 aliphatic rings. The van der Waals surface area contributed by atoms with Gasteiger partial charge in [-0.15, -0.1) is 0 Å². The number of aromatic nitrogens is 2. The Bertz CT molecular complexity index is 897. The van der Waals surface area contributed by atoms with Crippen LogP contribution in [0.2, 0.25) is 0 Å². The van der Waals surface area contributed by atoms with E-state index in [0.29, 0.717) is 31.2 Å². The SMILES string of the molecule is Cc1noc(C)c1CCC(=O)NCCN1CC2CC(C1)c1cccc(=O)n1C2. The summed E-state index contributed by atoms with van der Waals surface area (Å²) in [5, 5.41) is 6.97. The molecule has 1 fully saturated rings. The van der Waals surface area contributed by atoms with Crippen molar-refractivity contribution in [2.45, 2.75) is 45.6 Å². The molecule has 2 unspecified atom stereocenters. The first-order valence-corrected chi connectivity index (χ1v) is 10.1. The van der Waals surface area contributed by atoms with Crippen molar-refractivity contribution in [2.24, 2.45) is 5.92 Å². The van der Waals surface area contributed by atoms with Crippen molar-refractivity contribution < 1.29 is 9.32 Å². The van der Waals surface area contributed by atoms with Gasteiger partial charge in [0.05, 0.1) is 5.69 Å². The van der Waals surface area contributed by atoms with Crippen LogP contribution in [0.5, 0.6) is 0 Å². The minimum absolute atomic E-state index is 0.0640. The van der Waals surface area contributed by atoms with Gasteiger partial charge in [0.15, 0.2) is 0 Å². The van der Waals surface area contributed by atoms with Crippen molar-refractivity contribution in [1.82, 2.24) is 19.9 Å². The molecule has 4 heterocycles. The van der Waals surface area contributed by atoms with Crippen LogP contribution in [0.25, 0.3) is 0 Å². The van der Waals surface area contributed by atoms with Gasteiger partial charge in [0.1, 0.15) is 5.76 Å². The third-order valence-corrected chi connectivity index (χ3v) is 6.09. The molecule has 2 aromatic rings. The Balaban J connectivity index is 1.25. The maximum atomic E-state index is 12.2. The molecule has 2 atom stereocenters. The smallest absolute Gasteiger partial charge is 0.250 e. The number of hydrogen-bond donors (Lipinski definition) is 1. The lowest BCUT2D eigenvalue weighted by atomic mass is 9.83. The predicted octanol–water partition coefficient (Wildman–Crippen LogP) is 1.62. The molecule has 0 radical (unpaired) electrons. The van der Waals surface area contributed by atoms with Gasteiger partial charge in [-0.2, -0.15) is 0 Å². The largest absolute Gasteiger partial charge is 0.361 e. The highest BCUT2D eigenvalue weighted by atomic mass is 16.5. The zero-order valence-electron chi connectivity index (χ0n) is 16.6. The molecule has 0 saturated carbocycles. The third-order valence-electron chi connectivity index (χ3n) is 6.09. The quantitative estimate of drug-likeness (QED) is 0.819. The first kappa shape index (κ1) is 18.9. The summed E-state index contributed by atoms with van der Waals surface area (Å²) in [6.45, 7) is 8.05. The second-order valence-electron chi connectivity index (χ2n) is 8.11. The first-order chi connectivity index (χ1) is 13.5. The average Bonchev–Trinajstić information content (AvgIpc) is 2.99. The lowest BCUT2D eigenvalue weighted by molar-refractivity contribution is -0.121. The van der Waals surface area contributed by atoms with Crippen LogP contribution in [-0.4, -0.2) is 46.7 Å². The molecule has 1 saturated heterocycles. The average molecular weight is 384 g/mol. The molecule has 1 amide bonds. The summed E-state index contributed by atoms with van der Waals surface area (Å²) in [4.78, 5) is 26.7. The number of likely N-dealkylation sites (tertiary alicyclic amines) is 1. The minimum Gasteiger partial charge on any atom is -0.361 e. The highest BCUT2D eigenvalue weighted by molar-refractivity contribution is 5.76. The molecule has 2 bridgehead atoms. The Hall–Kier alpha value is -2.41. The highest BCUT2D eigenvalue weighted by Gasteiger charge is 2.34. The summed E-state index contributed by atoms with van der Waals surface area (Å²) in [5.74, 6) is 1.79. The fraction of sp³-hybridized carbons (Fsp3) is 0.571. The van der Waals surface area contributed by atoms with Crippen molar-refractivity contribution in [3.63, 3.8) is 0 Å². The summed E-state index contributed by atoms with van der Waals surface area (Å²) in [6.07, 6.45) is 2.26. The number of piperidine rings is 1. The predicted molar refractivity (Wildman–Crippen MR) is 105 cm³/mol. The molecular weight excluding hydrogens is 356 g/mol. The maximum absolute atomic E-state index is 12.2. The molecule has 0 spiro atoms. The Morgan fingerprint density at radius 1 is 1.29 bits per heavy atom. The van der Waals surface area contributed by atoms with Gasteiger partial charge in [-0.1, -0.05) is 11.2 Å². The van der Waals surface area contributed by atoms with Crippen LogP contribution in [0.4, 0.5) is 0 Å². The van der Waals surface area contributed by atoms with Gasteiger partial charge in [0.2, 0.25) is 5.91 Å². The number of rotatable bonds is 6. The van der Waals surface area contributed by atoms with E-state index in [1.54, 1.807) is 6.07 Å². The van der Waals surface area contributed by atoms with Crippen molar-refractivity contribution in [3.05, 3.63) is 51.3 Å². The van der Waals surface area contributed by atoms with E-state index in [2.05, 4.69) is 21.4 Å². The number of pyridine rings is 1. The van der Waals surface area contributed by atoms with E-state index in [0.717, 1.165) is 55.3 Å². The van der Waals surface area contributed by atoms with E-state index in [1.807, 2.05) is 24.5 Å². The number of aryl methyl sites for hydroxylation is 2. The third kappa shape index (κ3) is 3.90. The van der Waals surface area contributed by atoms with E-state index in [9.17, 15) is 9.59 Å². The first-order valence-electron chi connectivity index (χ1n) is 10.1. The van der Waals surface area contributed by atoms with Crippen molar-refractivity contribution in [2.75, 3.05) is 26.2 Å². The van der Waals surface area contributed by atoms with Gasteiger partial charge in [-0.3, -0.25) is 9.59 Å². The van der Waals surface area contributed by atoms with E-state index < -0.39 is 0 Å². The molecule has 7 heteroatoms. The van der Waals surface area contributed by atoms with Crippen LogP contribution < -0.4 is 10.9 Å². The summed E-state index contributed by atoms with van der Waals surface area (Å²) < 4.78 is 7.10. The Morgan fingerprint density at radius 2 is 2.14 bits per heavy atom. The molecule has 7 nitrogen and oxygen atoms in total. The Kier molecular flexibility index (Phi) is 5.35. The summed E-state index contributed by atoms with van der Waals surface area (Å²) in [6, 6.07) is 5.61. The van der Waals surface area contributed by atoms with Gasteiger partial charge in [-0.25, -0.2) is 0 Å². The molecule has 2 aromatic heterocycles. The molecule has 1 N–H and O–H groups in total. The zero-order valence-corrected chi connectivity index (χ0v) is 16.6. The van der Waals surface area contributed by atoms with Gasteiger partial charge >= 0.3 is 0 Å². The lowest BCUT2D eigenvalue weighted by Gasteiger charge is -2.42. The Morgan fingerprint density at radius 3 is 2.93 bits per heavy atom. The second kappa shape index (κ2) is 7.91. The molecule has 2 aliphatic heterocycles. The van der Waals surface area contributed by atoms with E-state index in [4.69, 9.17) is 4.52 Å². The fourth-order valence-corrected chi connectivity index (χ4v) is 4.72. The summed E-state index contributed by atoms with van der Waals surface area (Å²) in [7, 11) is 0. The van der Waals surface area contributed by atoms with Crippen LogP contribution in [0.15, 0.2) is 27.5 Å². The number of amides is 1. The molecule has 150 valence electrons. The number of fused-ring (bicyclic) bond motifs is 4. The highest BCUT2D eigenvalue weighted by Crippen LogP contribution is 2.34. The summed E-state index contributed by atoms with van der Waals surface area (Å²) >= 11 is 0. The zero-order chi connectivity index (χ0) is 19.7. The number of nitrogens with one attached hydrogen (secondary N) is 1. The van der Waals surface area contributed by atoms with Crippen molar-refractivity contribution >= 4 is 5.91 Å². The molecule has 0 aliphatic carbocycles. The van der Waals surface area contributed by atoms with Gasteiger partial charge < -0.3 is 19.3 Å². The number of carbonyl (C=O) groups is 1.